The van der Waals surface area contributed by atoms with E-state index in [0.29, 0.717) is 17.4 Å². The molecule has 1 saturated heterocycles. The average Bonchev–Trinajstić information content (AvgIpc) is 2.57. The molecule has 3 aliphatic carbocycles. The highest BCUT2D eigenvalue weighted by Crippen LogP contribution is 2.61. The summed E-state index contributed by atoms with van der Waals surface area (Å²) in [6.07, 6.45) is 4.57. The molecule has 4 fully saturated rings. The number of piperazine rings is 1. The Hall–Kier alpha value is -1.36. The van der Waals surface area contributed by atoms with E-state index in [1.54, 1.807) is 0 Å². The molecule has 1 aliphatic heterocycles. The summed E-state index contributed by atoms with van der Waals surface area (Å²) in [4.78, 5) is 14.0. The topological polar surface area (TPSA) is 44.3 Å². The second-order valence-electron chi connectivity index (χ2n) is 8.73. The first-order chi connectivity index (χ1) is 11.4. The van der Waals surface area contributed by atoms with Crippen LogP contribution in [0.2, 0.25) is 0 Å². The molecule has 2 bridgehead atoms. The molecule has 1 aromatic rings. The molecule has 0 radical (unpaired) electrons. The van der Waals surface area contributed by atoms with Gasteiger partial charge in [-0.15, -0.1) is 0 Å². The zero-order chi connectivity index (χ0) is 16.9. The van der Waals surface area contributed by atoms with E-state index in [2.05, 4.69) is 47.9 Å². The third-order valence-corrected chi connectivity index (χ3v) is 7.14. The van der Waals surface area contributed by atoms with Crippen LogP contribution >= 0.6 is 0 Å². The molecule has 24 heavy (non-hydrogen) atoms. The monoisotopic (exact) mass is 329 g/mol. The lowest BCUT2D eigenvalue weighted by Crippen LogP contribution is -2.58. The summed E-state index contributed by atoms with van der Waals surface area (Å²) in [7, 11) is 2.18. The number of hydrogen-bond donors (Lipinski definition) is 1. The van der Waals surface area contributed by atoms with Crippen molar-refractivity contribution in [1.82, 2.24) is 14.9 Å². The van der Waals surface area contributed by atoms with Crippen LogP contribution in [0.1, 0.15) is 33.6 Å². The molecule has 4 aliphatic rings. The van der Waals surface area contributed by atoms with Gasteiger partial charge in [0.25, 0.3) is 0 Å². The number of anilines is 2. The van der Waals surface area contributed by atoms with Crippen molar-refractivity contribution in [3.05, 3.63) is 12.3 Å². The molecule has 4 atom stereocenters. The van der Waals surface area contributed by atoms with Crippen molar-refractivity contribution in [2.45, 2.75) is 39.7 Å². The van der Waals surface area contributed by atoms with Crippen LogP contribution in [-0.4, -0.2) is 54.1 Å². The maximum Gasteiger partial charge on any atom is 0.224 e. The molecule has 5 nitrogen and oxygen atoms in total. The molecule has 5 heteroatoms. The maximum absolute atomic E-state index is 4.81. The number of fused-ring (bicyclic) bond motifs is 2. The SMILES string of the molecule is C[C@@H]1[C@@H](Nc2nccc(N3CCN(C)CC3)n2)C[C@H]2C[C@@H]1C2(C)C. The molecule has 0 aromatic carbocycles. The smallest absolute Gasteiger partial charge is 0.224 e. The predicted octanol–water partition coefficient (Wildman–Crippen LogP) is 2.71. The number of likely N-dealkylation sites (N-methyl/N-ethyl adjacent to an activating group) is 1. The minimum atomic E-state index is 0.518. The Morgan fingerprint density at radius 1 is 1.17 bits per heavy atom. The summed E-state index contributed by atoms with van der Waals surface area (Å²) < 4.78 is 0. The Morgan fingerprint density at radius 2 is 1.92 bits per heavy atom. The fourth-order valence-electron chi connectivity index (χ4n) is 5.14. The van der Waals surface area contributed by atoms with Gasteiger partial charge in [0.15, 0.2) is 0 Å². The Bertz CT molecular complexity index is 593. The summed E-state index contributed by atoms with van der Waals surface area (Å²) in [5, 5.41) is 3.66. The van der Waals surface area contributed by atoms with Crippen molar-refractivity contribution in [1.29, 1.82) is 0 Å². The van der Waals surface area contributed by atoms with E-state index in [4.69, 9.17) is 4.98 Å². The van der Waals surface area contributed by atoms with Gasteiger partial charge in [-0.05, 0) is 49.1 Å². The summed E-state index contributed by atoms with van der Waals surface area (Å²) in [6, 6.07) is 2.56. The first kappa shape index (κ1) is 16.1. The van der Waals surface area contributed by atoms with Crippen LogP contribution in [0.5, 0.6) is 0 Å². The van der Waals surface area contributed by atoms with Crippen molar-refractivity contribution in [2.75, 3.05) is 43.4 Å². The summed E-state index contributed by atoms with van der Waals surface area (Å²) in [5.41, 5.74) is 0.528. The second kappa shape index (κ2) is 5.87. The normalized spacial score (nSPS) is 35.4. The minimum absolute atomic E-state index is 0.518. The third-order valence-electron chi connectivity index (χ3n) is 7.14. The Labute approximate surface area is 145 Å². The van der Waals surface area contributed by atoms with Gasteiger partial charge in [-0.25, -0.2) is 4.98 Å². The molecule has 1 N–H and O–H groups in total. The van der Waals surface area contributed by atoms with E-state index in [0.717, 1.165) is 49.8 Å². The van der Waals surface area contributed by atoms with E-state index in [1.165, 1.54) is 12.8 Å². The highest BCUT2D eigenvalue weighted by molar-refractivity contribution is 5.43. The van der Waals surface area contributed by atoms with Crippen molar-refractivity contribution in [3.8, 4) is 0 Å². The van der Waals surface area contributed by atoms with E-state index >= 15 is 0 Å². The molecule has 1 aromatic heterocycles. The Balaban J connectivity index is 1.43. The van der Waals surface area contributed by atoms with Gasteiger partial charge in [-0.3, -0.25) is 0 Å². The van der Waals surface area contributed by atoms with Gasteiger partial charge in [-0.2, -0.15) is 4.98 Å². The zero-order valence-corrected chi connectivity index (χ0v) is 15.5. The largest absolute Gasteiger partial charge is 0.354 e. The van der Waals surface area contributed by atoms with E-state index in [1.807, 2.05) is 12.3 Å². The van der Waals surface area contributed by atoms with Gasteiger partial charge in [0.1, 0.15) is 5.82 Å². The molecule has 0 unspecified atom stereocenters. The lowest BCUT2D eigenvalue weighted by Gasteiger charge is -2.62. The molecule has 2 heterocycles. The van der Waals surface area contributed by atoms with E-state index in [-0.39, 0.29) is 0 Å². The van der Waals surface area contributed by atoms with Crippen LogP contribution in [0.15, 0.2) is 12.3 Å². The van der Waals surface area contributed by atoms with Gasteiger partial charge >= 0.3 is 0 Å². The first-order valence-corrected chi connectivity index (χ1v) is 9.48. The standard InChI is InChI=1S/C19H31N5/c1-13-15-11-14(19(15,2)3)12-16(13)21-18-20-6-5-17(22-18)24-9-7-23(4)8-10-24/h5-6,13-16H,7-12H2,1-4H3,(H,20,21,22)/t13-,14+,15-,16-/m0/s1. The molecular formula is C19H31N5. The van der Waals surface area contributed by atoms with Crippen LogP contribution in [0, 0.1) is 23.2 Å². The van der Waals surface area contributed by atoms with Gasteiger partial charge in [0.2, 0.25) is 5.95 Å². The predicted molar refractivity (Wildman–Crippen MR) is 98.3 cm³/mol. The van der Waals surface area contributed by atoms with Crippen molar-refractivity contribution < 1.29 is 0 Å². The molecule has 0 amide bonds. The minimum Gasteiger partial charge on any atom is -0.354 e. The van der Waals surface area contributed by atoms with Crippen LogP contribution in [0.4, 0.5) is 11.8 Å². The molecule has 132 valence electrons. The highest BCUT2D eigenvalue weighted by atomic mass is 15.3. The second-order valence-corrected chi connectivity index (χ2v) is 8.73. The lowest BCUT2D eigenvalue weighted by atomic mass is 9.45. The summed E-state index contributed by atoms with van der Waals surface area (Å²) in [5.74, 6) is 4.27. The summed E-state index contributed by atoms with van der Waals surface area (Å²) >= 11 is 0. The van der Waals surface area contributed by atoms with Gasteiger partial charge in [0.05, 0.1) is 0 Å². The number of nitrogens with one attached hydrogen (secondary N) is 1. The molecule has 3 saturated carbocycles. The van der Waals surface area contributed by atoms with Crippen molar-refractivity contribution >= 4 is 11.8 Å². The molecule has 5 rings (SSSR count). The zero-order valence-electron chi connectivity index (χ0n) is 15.5. The number of nitrogens with zero attached hydrogens (tertiary/aromatic N) is 4. The van der Waals surface area contributed by atoms with Gasteiger partial charge in [0, 0.05) is 38.4 Å². The first-order valence-electron chi connectivity index (χ1n) is 9.48. The summed E-state index contributed by atoms with van der Waals surface area (Å²) in [6.45, 7) is 11.6. The van der Waals surface area contributed by atoms with Gasteiger partial charge in [-0.1, -0.05) is 20.8 Å². The van der Waals surface area contributed by atoms with Crippen molar-refractivity contribution in [2.24, 2.45) is 23.2 Å². The van der Waals surface area contributed by atoms with Crippen molar-refractivity contribution in [3.63, 3.8) is 0 Å². The maximum atomic E-state index is 4.81. The van der Waals surface area contributed by atoms with Crippen LogP contribution in [0.3, 0.4) is 0 Å². The number of rotatable bonds is 3. The number of hydrogen-bond acceptors (Lipinski definition) is 5. The lowest BCUT2D eigenvalue weighted by molar-refractivity contribution is -0.105. The highest BCUT2D eigenvalue weighted by Gasteiger charge is 2.56. The van der Waals surface area contributed by atoms with Crippen LogP contribution in [-0.2, 0) is 0 Å². The average molecular weight is 329 g/mol. The van der Waals surface area contributed by atoms with E-state index < -0.39 is 0 Å². The fourth-order valence-corrected chi connectivity index (χ4v) is 5.14. The quantitative estimate of drug-likeness (QED) is 0.924. The van der Waals surface area contributed by atoms with Crippen LogP contribution in [0.25, 0.3) is 0 Å². The van der Waals surface area contributed by atoms with Crippen LogP contribution < -0.4 is 10.2 Å². The van der Waals surface area contributed by atoms with E-state index in [9.17, 15) is 0 Å². The Kier molecular flexibility index (Phi) is 3.94. The van der Waals surface area contributed by atoms with Gasteiger partial charge < -0.3 is 15.1 Å². The fraction of sp³-hybridized carbons (Fsp3) is 0.789. The molecule has 0 spiro atoms. The molecular weight excluding hydrogens is 298 g/mol. The third kappa shape index (κ3) is 2.67. The Morgan fingerprint density at radius 3 is 2.58 bits per heavy atom. The number of aromatic nitrogens is 2.